The molecule has 8 heteroatoms. The van der Waals surface area contributed by atoms with E-state index < -0.39 is 0 Å². The first-order valence-corrected chi connectivity index (χ1v) is 13.0. The smallest absolute Gasteiger partial charge is 0.141 e. The third-order valence-electron chi connectivity index (χ3n) is 6.45. The van der Waals surface area contributed by atoms with Crippen molar-refractivity contribution in [1.29, 1.82) is 0 Å². The van der Waals surface area contributed by atoms with Gasteiger partial charge in [-0.1, -0.05) is 37.6 Å². The Morgan fingerprint density at radius 1 is 0.974 bits per heavy atom. The Labute approximate surface area is 226 Å². The lowest BCUT2D eigenvalue weighted by Crippen LogP contribution is -2.21. The monoisotopic (exact) mass is 529 g/mol. The molecule has 0 radical (unpaired) electrons. The fraction of sp³-hybridized carbons (Fsp3) is 0.200. The number of aromatic nitrogens is 3. The molecule has 194 valence electrons. The maximum atomic E-state index is 13.4. The average molecular weight is 530 g/mol. The number of ether oxygens (including phenoxy) is 1. The highest BCUT2D eigenvalue weighted by molar-refractivity contribution is 6.32. The van der Waals surface area contributed by atoms with Gasteiger partial charge in [0.1, 0.15) is 30.3 Å². The summed E-state index contributed by atoms with van der Waals surface area (Å²) >= 11 is 6.50. The van der Waals surface area contributed by atoms with Crippen molar-refractivity contribution in [3.05, 3.63) is 107 Å². The highest BCUT2D eigenvalue weighted by Crippen LogP contribution is 2.31. The molecule has 0 atom stereocenters. The molecule has 2 heterocycles. The molecule has 0 spiro atoms. The van der Waals surface area contributed by atoms with Gasteiger partial charge in [-0.05, 0) is 78.8 Å². The van der Waals surface area contributed by atoms with Gasteiger partial charge in [-0.3, -0.25) is 4.90 Å². The van der Waals surface area contributed by atoms with E-state index in [4.69, 9.17) is 16.3 Å². The normalized spacial score (nSPS) is 11.3. The van der Waals surface area contributed by atoms with Crippen LogP contribution in [0.3, 0.4) is 0 Å². The summed E-state index contributed by atoms with van der Waals surface area (Å²) in [6, 6.07) is 20.0. The van der Waals surface area contributed by atoms with E-state index in [-0.39, 0.29) is 12.4 Å². The molecule has 0 aliphatic rings. The lowest BCUT2D eigenvalue weighted by molar-refractivity contribution is 0.296. The van der Waals surface area contributed by atoms with Crippen molar-refractivity contribution in [2.75, 3.05) is 18.4 Å². The number of anilines is 2. The first-order valence-electron chi connectivity index (χ1n) is 12.6. The van der Waals surface area contributed by atoms with Gasteiger partial charge in [0.15, 0.2) is 0 Å². The van der Waals surface area contributed by atoms with E-state index in [9.17, 15) is 4.39 Å². The van der Waals surface area contributed by atoms with Crippen molar-refractivity contribution in [1.82, 2.24) is 19.4 Å². The summed E-state index contributed by atoms with van der Waals surface area (Å²) < 4.78 is 21.4. The molecule has 0 aliphatic carbocycles. The van der Waals surface area contributed by atoms with Crippen LogP contribution in [0.4, 0.5) is 15.9 Å². The number of benzene rings is 3. The van der Waals surface area contributed by atoms with Crippen molar-refractivity contribution >= 4 is 34.0 Å². The summed E-state index contributed by atoms with van der Waals surface area (Å²) in [5.41, 5.74) is 4.63. The summed E-state index contributed by atoms with van der Waals surface area (Å²) in [5, 5.41) is 4.70. The Morgan fingerprint density at radius 2 is 1.84 bits per heavy atom. The molecule has 0 saturated heterocycles. The first-order chi connectivity index (χ1) is 18.5. The molecule has 38 heavy (non-hydrogen) atoms. The van der Waals surface area contributed by atoms with E-state index in [1.165, 1.54) is 17.7 Å². The molecule has 5 aromatic rings. The molecule has 2 aromatic heterocycles. The van der Waals surface area contributed by atoms with Crippen LogP contribution in [-0.2, 0) is 13.2 Å². The van der Waals surface area contributed by atoms with Gasteiger partial charge in [-0.2, -0.15) is 0 Å². The molecule has 0 bridgehead atoms. The van der Waals surface area contributed by atoms with Crippen molar-refractivity contribution < 1.29 is 9.13 Å². The lowest BCUT2D eigenvalue weighted by Gasteiger charge is -2.16. The molecule has 3 aromatic carbocycles. The lowest BCUT2D eigenvalue weighted by atomic mass is 10.2. The van der Waals surface area contributed by atoms with Crippen LogP contribution in [0.5, 0.6) is 5.75 Å². The topological polar surface area (TPSA) is 55.2 Å². The number of hydrogen-bond donors (Lipinski definition) is 1. The highest BCUT2D eigenvalue weighted by atomic mass is 35.5. The fourth-order valence-corrected chi connectivity index (χ4v) is 4.56. The van der Waals surface area contributed by atoms with Gasteiger partial charge in [0, 0.05) is 35.7 Å². The van der Waals surface area contributed by atoms with Gasteiger partial charge in [0.2, 0.25) is 0 Å². The van der Waals surface area contributed by atoms with E-state index >= 15 is 0 Å². The summed E-state index contributed by atoms with van der Waals surface area (Å²) in [4.78, 5) is 11.3. The molecule has 0 saturated carbocycles. The minimum atomic E-state index is -0.297. The third kappa shape index (κ3) is 5.96. The van der Waals surface area contributed by atoms with E-state index in [0.717, 1.165) is 47.5 Å². The van der Waals surface area contributed by atoms with Crippen LogP contribution in [0.25, 0.3) is 16.6 Å². The van der Waals surface area contributed by atoms with Crippen LogP contribution >= 0.6 is 11.6 Å². The summed E-state index contributed by atoms with van der Waals surface area (Å²) in [7, 11) is 0. The van der Waals surface area contributed by atoms with Crippen molar-refractivity contribution in [2.24, 2.45) is 0 Å². The number of halogens is 2. The standard InChI is InChI=1S/C30H29ClFN5O/c1-3-36(4-2)17-22-12-13-37(18-22)25-9-10-28-26(16-25)30(34-20-33-28)35-24-8-11-29(27(31)15-24)38-19-21-6-5-7-23(32)14-21/h5-16,18,20H,3-4,17,19H2,1-2H3,(H,33,34,35). The molecule has 5 rings (SSSR count). The van der Waals surface area contributed by atoms with Crippen molar-refractivity contribution in [2.45, 2.75) is 27.0 Å². The zero-order valence-electron chi connectivity index (χ0n) is 21.4. The van der Waals surface area contributed by atoms with Gasteiger partial charge in [0.25, 0.3) is 0 Å². The molecule has 0 unspecified atom stereocenters. The number of nitrogens with zero attached hydrogens (tertiary/aromatic N) is 4. The largest absolute Gasteiger partial charge is 0.487 e. The average Bonchev–Trinajstić information content (AvgIpc) is 3.40. The maximum absolute atomic E-state index is 13.4. The second-order valence-electron chi connectivity index (χ2n) is 9.00. The van der Waals surface area contributed by atoms with Crippen molar-refractivity contribution in [3.63, 3.8) is 0 Å². The second-order valence-corrected chi connectivity index (χ2v) is 9.41. The maximum Gasteiger partial charge on any atom is 0.141 e. The Balaban J connectivity index is 1.34. The predicted molar refractivity (Wildman–Crippen MR) is 151 cm³/mol. The Kier molecular flexibility index (Phi) is 7.86. The van der Waals surface area contributed by atoms with E-state index in [1.54, 1.807) is 30.6 Å². The summed E-state index contributed by atoms with van der Waals surface area (Å²) in [6.45, 7) is 7.55. The zero-order chi connectivity index (χ0) is 26.5. The van der Waals surface area contributed by atoms with Gasteiger partial charge >= 0.3 is 0 Å². The SMILES string of the molecule is CCN(CC)Cc1ccn(-c2ccc3ncnc(Nc4ccc(OCc5cccc(F)c5)c(Cl)c4)c3c2)c1. The van der Waals surface area contributed by atoms with E-state index in [1.807, 2.05) is 12.1 Å². The quantitative estimate of drug-likeness (QED) is 0.204. The number of hydrogen-bond acceptors (Lipinski definition) is 5. The van der Waals surface area contributed by atoms with Gasteiger partial charge in [-0.25, -0.2) is 14.4 Å². The summed E-state index contributed by atoms with van der Waals surface area (Å²) in [5.74, 6) is 0.898. The second kappa shape index (κ2) is 11.6. The minimum absolute atomic E-state index is 0.222. The van der Waals surface area contributed by atoms with Gasteiger partial charge in [-0.15, -0.1) is 0 Å². The zero-order valence-corrected chi connectivity index (χ0v) is 22.1. The number of nitrogens with one attached hydrogen (secondary N) is 1. The molecule has 1 N–H and O–H groups in total. The number of rotatable bonds is 10. The predicted octanol–water partition coefficient (Wildman–Crippen LogP) is 7.38. The molecular formula is C30H29ClFN5O. The van der Waals surface area contributed by atoms with E-state index in [2.05, 4.69) is 69.2 Å². The Hall–Kier alpha value is -3.94. The van der Waals surface area contributed by atoms with Crippen LogP contribution in [0, 0.1) is 5.82 Å². The molecule has 0 fully saturated rings. The molecule has 0 amide bonds. The van der Waals surface area contributed by atoms with Crippen LogP contribution in [0.1, 0.15) is 25.0 Å². The Morgan fingerprint density at radius 3 is 2.63 bits per heavy atom. The molecule has 0 aliphatic heterocycles. The van der Waals surface area contributed by atoms with Crippen LogP contribution in [-0.4, -0.2) is 32.5 Å². The first kappa shape index (κ1) is 25.7. The third-order valence-corrected chi connectivity index (χ3v) is 6.75. The van der Waals surface area contributed by atoms with Crippen LogP contribution in [0.15, 0.2) is 85.5 Å². The molecular weight excluding hydrogens is 501 g/mol. The highest BCUT2D eigenvalue weighted by Gasteiger charge is 2.10. The van der Waals surface area contributed by atoms with Crippen LogP contribution < -0.4 is 10.1 Å². The fourth-order valence-electron chi connectivity index (χ4n) is 4.33. The van der Waals surface area contributed by atoms with Crippen LogP contribution in [0.2, 0.25) is 5.02 Å². The van der Waals surface area contributed by atoms with E-state index in [0.29, 0.717) is 16.6 Å². The van der Waals surface area contributed by atoms with Gasteiger partial charge < -0.3 is 14.6 Å². The van der Waals surface area contributed by atoms with Gasteiger partial charge in [0.05, 0.1) is 10.5 Å². The number of fused-ring (bicyclic) bond motifs is 1. The summed E-state index contributed by atoms with van der Waals surface area (Å²) in [6.07, 6.45) is 5.79. The molecule has 6 nitrogen and oxygen atoms in total. The Bertz CT molecular complexity index is 1550. The minimum Gasteiger partial charge on any atom is -0.487 e. The van der Waals surface area contributed by atoms with Crippen molar-refractivity contribution in [3.8, 4) is 11.4 Å².